The summed E-state index contributed by atoms with van der Waals surface area (Å²) in [5.41, 5.74) is 5.40. The number of hydrogen-bond donors (Lipinski definition) is 3. The van der Waals surface area contributed by atoms with Crippen LogP contribution in [0.3, 0.4) is 0 Å². The number of urea groups is 1. The van der Waals surface area contributed by atoms with Crippen molar-refractivity contribution < 1.29 is 9.59 Å². The van der Waals surface area contributed by atoms with Crippen molar-refractivity contribution in [3.05, 3.63) is 70.2 Å². The number of aromatic nitrogens is 1. The van der Waals surface area contributed by atoms with Gasteiger partial charge in [-0.2, -0.15) is 0 Å². The van der Waals surface area contributed by atoms with Gasteiger partial charge in [0.05, 0.1) is 12.1 Å². The van der Waals surface area contributed by atoms with Crippen LogP contribution >= 0.6 is 11.3 Å². The van der Waals surface area contributed by atoms with Gasteiger partial charge in [-0.3, -0.25) is 10.1 Å². The molecular formula is C21H22N4O2S. The topological polar surface area (TPSA) is 83.1 Å². The molecule has 0 aliphatic heterocycles. The van der Waals surface area contributed by atoms with Gasteiger partial charge in [0.25, 0.3) is 0 Å². The summed E-state index contributed by atoms with van der Waals surface area (Å²) in [7, 11) is 0. The molecule has 0 unspecified atom stereocenters. The number of carbonyl (C=O) groups is 2. The molecule has 3 N–H and O–H groups in total. The summed E-state index contributed by atoms with van der Waals surface area (Å²) in [6.07, 6.45) is 0.144. The van der Waals surface area contributed by atoms with E-state index in [1.165, 1.54) is 11.3 Å². The number of thiazole rings is 1. The summed E-state index contributed by atoms with van der Waals surface area (Å²) in [5, 5.41) is 10.6. The highest BCUT2D eigenvalue weighted by Crippen LogP contribution is 2.20. The van der Waals surface area contributed by atoms with E-state index in [1.54, 1.807) is 5.38 Å². The zero-order chi connectivity index (χ0) is 20.1. The Morgan fingerprint density at radius 1 is 0.964 bits per heavy atom. The monoisotopic (exact) mass is 394 g/mol. The van der Waals surface area contributed by atoms with E-state index in [1.807, 2.05) is 63.2 Å². The smallest absolute Gasteiger partial charge is 0.325 e. The second-order valence-corrected chi connectivity index (χ2v) is 7.42. The molecule has 0 fully saturated rings. The molecule has 7 heteroatoms. The molecule has 2 aromatic carbocycles. The average molecular weight is 395 g/mol. The van der Waals surface area contributed by atoms with Gasteiger partial charge in [0.1, 0.15) is 0 Å². The fourth-order valence-electron chi connectivity index (χ4n) is 2.59. The maximum Gasteiger partial charge on any atom is 0.325 e. The van der Waals surface area contributed by atoms with Gasteiger partial charge in [0, 0.05) is 16.8 Å². The van der Waals surface area contributed by atoms with Gasteiger partial charge in [-0.1, -0.05) is 29.8 Å². The van der Waals surface area contributed by atoms with Crippen molar-refractivity contribution in [2.45, 2.75) is 27.2 Å². The highest BCUT2D eigenvalue weighted by atomic mass is 32.1. The van der Waals surface area contributed by atoms with Gasteiger partial charge < -0.3 is 10.6 Å². The van der Waals surface area contributed by atoms with Gasteiger partial charge in [0.2, 0.25) is 5.91 Å². The molecule has 0 spiro atoms. The van der Waals surface area contributed by atoms with Crippen LogP contribution in [0, 0.1) is 20.8 Å². The fraction of sp³-hybridized carbons (Fsp3) is 0.190. The van der Waals surface area contributed by atoms with Crippen molar-refractivity contribution in [2.75, 3.05) is 16.0 Å². The second kappa shape index (κ2) is 8.67. The number of anilines is 3. The Labute approximate surface area is 168 Å². The molecule has 3 rings (SSSR count). The van der Waals surface area contributed by atoms with Gasteiger partial charge in [-0.05, 0) is 50.1 Å². The number of hydrogen-bond acceptors (Lipinski definition) is 4. The molecular weight excluding hydrogens is 372 g/mol. The molecule has 0 saturated carbocycles. The van der Waals surface area contributed by atoms with E-state index in [4.69, 9.17) is 0 Å². The standard InChI is InChI=1S/C21H22N4O2S/c1-13-7-9-16(10-8-13)22-20(27)25-21-23-17(12-28-21)11-19(26)24-18-6-4-5-14(2)15(18)3/h4-10,12H,11H2,1-3H3,(H,24,26)(H2,22,23,25,27). The van der Waals surface area contributed by atoms with E-state index in [-0.39, 0.29) is 18.4 Å². The van der Waals surface area contributed by atoms with Gasteiger partial charge in [0.15, 0.2) is 5.13 Å². The predicted molar refractivity (Wildman–Crippen MR) is 114 cm³/mol. The molecule has 0 bridgehead atoms. The highest BCUT2D eigenvalue weighted by molar-refractivity contribution is 7.14. The number of nitrogens with zero attached hydrogens (tertiary/aromatic N) is 1. The van der Waals surface area contributed by atoms with Crippen LogP contribution in [0.2, 0.25) is 0 Å². The van der Waals surface area contributed by atoms with Crippen LogP contribution in [0.1, 0.15) is 22.4 Å². The van der Waals surface area contributed by atoms with Crippen molar-refractivity contribution in [1.82, 2.24) is 4.98 Å². The number of rotatable bonds is 5. The zero-order valence-electron chi connectivity index (χ0n) is 16.0. The summed E-state index contributed by atoms with van der Waals surface area (Å²) < 4.78 is 0. The summed E-state index contributed by atoms with van der Waals surface area (Å²) in [6.45, 7) is 5.96. The number of nitrogens with one attached hydrogen (secondary N) is 3. The van der Waals surface area contributed by atoms with Crippen molar-refractivity contribution in [1.29, 1.82) is 0 Å². The van der Waals surface area contributed by atoms with Crippen LogP contribution in [0.15, 0.2) is 47.8 Å². The quantitative estimate of drug-likeness (QED) is 0.576. The van der Waals surface area contributed by atoms with Gasteiger partial charge in [-0.25, -0.2) is 9.78 Å². The molecule has 1 aromatic heterocycles. The predicted octanol–water partition coefficient (Wildman–Crippen LogP) is 4.89. The molecule has 3 aromatic rings. The lowest BCUT2D eigenvalue weighted by atomic mass is 10.1. The summed E-state index contributed by atoms with van der Waals surface area (Å²) in [6, 6.07) is 12.9. The van der Waals surface area contributed by atoms with Crippen molar-refractivity contribution >= 4 is 39.8 Å². The lowest BCUT2D eigenvalue weighted by molar-refractivity contribution is -0.115. The van der Waals surface area contributed by atoms with Crippen LogP contribution in [0.4, 0.5) is 21.3 Å². The number of carbonyl (C=O) groups excluding carboxylic acids is 2. The van der Waals surface area contributed by atoms with E-state index < -0.39 is 0 Å². The maximum atomic E-state index is 12.3. The van der Waals surface area contributed by atoms with Crippen LogP contribution < -0.4 is 16.0 Å². The summed E-state index contributed by atoms with van der Waals surface area (Å²) in [5.74, 6) is -0.144. The molecule has 0 atom stereocenters. The third-order valence-corrected chi connectivity index (χ3v) is 5.11. The molecule has 0 aliphatic rings. The molecule has 0 radical (unpaired) electrons. The summed E-state index contributed by atoms with van der Waals surface area (Å²) in [4.78, 5) is 28.7. The molecule has 1 heterocycles. The Bertz CT molecular complexity index is 996. The van der Waals surface area contributed by atoms with E-state index in [9.17, 15) is 9.59 Å². The van der Waals surface area contributed by atoms with E-state index in [2.05, 4.69) is 20.9 Å². The Hall–Kier alpha value is -3.19. The third-order valence-electron chi connectivity index (χ3n) is 4.30. The van der Waals surface area contributed by atoms with Crippen LogP contribution in [-0.4, -0.2) is 16.9 Å². The van der Waals surface area contributed by atoms with Crippen LogP contribution in [0.5, 0.6) is 0 Å². The minimum Gasteiger partial charge on any atom is -0.325 e. The van der Waals surface area contributed by atoms with Gasteiger partial charge >= 0.3 is 6.03 Å². The Kier molecular flexibility index (Phi) is 6.06. The minimum absolute atomic E-state index is 0.144. The van der Waals surface area contributed by atoms with E-state index in [0.29, 0.717) is 16.5 Å². The number of benzene rings is 2. The molecule has 0 aliphatic carbocycles. The SMILES string of the molecule is Cc1ccc(NC(=O)Nc2nc(CC(=O)Nc3cccc(C)c3C)cs2)cc1. The maximum absolute atomic E-state index is 12.3. The first-order valence-corrected chi connectivity index (χ1v) is 9.74. The molecule has 3 amide bonds. The van der Waals surface area contributed by atoms with Crippen molar-refractivity contribution in [3.63, 3.8) is 0 Å². The molecule has 144 valence electrons. The number of amides is 3. The molecule has 0 saturated heterocycles. The fourth-order valence-corrected chi connectivity index (χ4v) is 3.29. The van der Waals surface area contributed by atoms with Crippen LogP contribution in [-0.2, 0) is 11.2 Å². The minimum atomic E-state index is -0.371. The molecule has 28 heavy (non-hydrogen) atoms. The van der Waals surface area contributed by atoms with Crippen molar-refractivity contribution in [3.8, 4) is 0 Å². The third kappa shape index (κ3) is 5.17. The van der Waals surface area contributed by atoms with Gasteiger partial charge in [-0.15, -0.1) is 11.3 Å². The Morgan fingerprint density at radius 2 is 1.71 bits per heavy atom. The first-order valence-electron chi connectivity index (χ1n) is 8.86. The normalized spacial score (nSPS) is 10.4. The lowest BCUT2D eigenvalue weighted by Gasteiger charge is -2.09. The second-order valence-electron chi connectivity index (χ2n) is 6.56. The highest BCUT2D eigenvalue weighted by Gasteiger charge is 2.11. The number of aryl methyl sites for hydroxylation is 2. The van der Waals surface area contributed by atoms with Crippen LogP contribution in [0.25, 0.3) is 0 Å². The summed E-state index contributed by atoms with van der Waals surface area (Å²) >= 11 is 1.28. The lowest BCUT2D eigenvalue weighted by Crippen LogP contribution is -2.19. The Morgan fingerprint density at radius 3 is 2.46 bits per heavy atom. The van der Waals surface area contributed by atoms with E-state index in [0.717, 1.165) is 22.4 Å². The first-order chi connectivity index (χ1) is 13.4. The average Bonchev–Trinajstić information content (AvgIpc) is 3.07. The van der Waals surface area contributed by atoms with Crippen molar-refractivity contribution in [2.24, 2.45) is 0 Å². The Balaban J connectivity index is 1.54. The zero-order valence-corrected chi connectivity index (χ0v) is 16.8. The van der Waals surface area contributed by atoms with E-state index >= 15 is 0 Å². The first kappa shape index (κ1) is 19.6. The largest absolute Gasteiger partial charge is 0.325 e. The molecule has 6 nitrogen and oxygen atoms in total.